The van der Waals surface area contributed by atoms with Gasteiger partial charge in [0.2, 0.25) is 0 Å². The Hall–Kier alpha value is -3.40. The maximum absolute atomic E-state index is 11.7. The Balaban J connectivity index is 1.99. The van der Waals surface area contributed by atoms with Crippen LogP contribution in [-0.4, -0.2) is 10.2 Å². The molecule has 0 heterocycles. The summed E-state index contributed by atoms with van der Waals surface area (Å²) in [6, 6.07) is 35.5. The molecule has 1 atom stereocenters. The quantitative estimate of drug-likeness (QED) is 0.365. The normalized spacial score (nSPS) is 13.4. The Labute approximate surface area is 190 Å². The molecule has 0 aliphatic carbocycles. The van der Waals surface area contributed by atoms with E-state index in [4.69, 9.17) is 0 Å². The summed E-state index contributed by atoms with van der Waals surface area (Å²) in [5, 5.41) is 22.7. The zero-order chi connectivity index (χ0) is 22.8. The van der Waals surface area contributed by atoms with Crippen LogP contribution < -0.4 is 4.90 Å². The van der Waals surface area contributed by atoms with E-state index in [9.17, 15) is 10.2 Å². The lowest BCUT2D eigenvalue weighted by molar-refractivity contribution is 0.0792. The minimum absolute atomic E-state index is 0.778. The van der Waals surface area contributed by atoms with Crippen LogP contribution in [0.2, 0.25) is 0 Å². The van der Waals surface area contributed by atoms with E-state index in [0.29, 0.717) is 0 Å². The van der Waals surface area contributed by atoms with Gasteiger partial charge < -0.3 is 15.1 Å². The zero-order valence-corrected chi connectivity index (χ0v) is 18.7. The van der Waals surface area contributed by atoms with Crippen LogP contribution in [-0.2, 0) is 11.2 Å². The number of anilines is 3. The Kier molecular flexibility index (Phi) is 5.88. The van der Waals surface area contributed by atoms with Crippen molar-refractivity contribution in [2.75, 3.05) is 4.90 Å². The standard InChI is InChI=1S/C29H29NO2/c1-28(2,31)24-18-10-12-20-26(24)30(23-16-8-5-9-17-23)27-21-13-11-19-25(27)29(3,32)22-14-6-4-7-15-22/h4-21,31-32H,1-3H3. The van der Waals surface area contributed by atoms with E-state index < -0.39 is 11.2 Å². The van der Waals surface area contributed by atoms with Gasteiger partial charge in [0.1, 0.15) is 5.60 Å². The molecule has 0 bridgehead atoms. The summed E-state index contributed by atoms with van der Waals surface area (Å²) < 4.78 is 0. The summed E-state index contributed by atoms with van der Waals surface area (Å²) in [5.74, 6) is 0. The van der Waals surface area contributed by atoms with E-state index in [1.165, 1.54) is 0 Å². The van der Waals surface area contributed by atoms with E-state index in [0.717, 1.165) is 33.8 Å². The van der Waals surface area contributed by atoms with Crippen molar-refractivity contribution >= 4 is 17.1 Å². The van der Waals surface area contributed by atoms with Gasteiger partial charge in [0.05, 0.1) is 17.0 Å². The number of benzene rings is 4. The van der Waals surface area contributed by atoms with Gasteiger partial charge in [-0.25, -0.2) is 0 Å². The van der Waals surface area contributed by atoms with Crippen LogP contribution in [0.25, 0.3) is 0 Å². The Morgan fingerprint density at radius 3 is 1.53 bits per heavy atom. The van der Waals surface area contributed by atoms with Crippen LogP contribution in [0.15, 0.2) is 109 Å². The highest BCUT2D eigenvalue weighted by atomic mass is 16.3. The largest absolute Gasteiger partial charge is 0.386 e. The van der Waals surface area contributed by atoms with E-state index >= 15 is 0 Å². The second-order valence-electron chi connectivity index (χ2n) is 8.70. The predicted octanol–water partition coefficient (Wildman–Crippen LogP) is 6.64. The average molecular weight is 424 g/mol. The lowest BCUT2D eigenvalue weighted by atomic mass is 9.86. The molecule has 0 fully saturated rings. The Morgan fingerprint density at radius 1 is 0.531 bits per heavy atom. The fourth-order valence-electron chi connectivity index (χ4n) is 4.17. The van der Waals surface area contributed by atoms with Crippen LogP contribution >= 0.6 is 0 Å². The first-order valence-corrected chi connectivity index (χ1v) is 10.8. The van der Waals surface area contributed by atoms with Gasteiger partial charge in [-0.15, -0.1) is 0 Å². The molecule has 0 saturated heterocycles. The highest BCUT2D eigenvalue weighted by Crippen LogP contribution is 2.44. The van der Waals surface area contributed by atoms with Crippen molar-refractivity contribution < 1.29 is 10.2 Å². The van der Waals surface area contributed by atoms with E-state index in [1.54, 1.807) is 13.8 Å². The second-order valence-corrected chi connectivity index (χ2v) is 8.70. The highest BCUT2D eigenvalue weighted by molar-refractivity contribution is 5.81. The van der Waals surface area contributed by atoms with Crippen molar-refractivity contribution in [3.63, 3.8) is 0 Å². The first-order chi connectivity index (χ1) is 15.3. The second kappa shape index (κ2) is 8.62. The fraction of sp³-hybridized carbons (Fsp3) is 0.172. The molecule has 0 saturated carbocycles. The van der Waals surface area contributed by atoms with E-state index in [1.807, 2.05) is 116 Å². The molecule has 1 unspecified atom stereocenters. The molecular weight excluding hydrogens is 394 g/mol. The van der Waals surface area contributed by atoms with Crippen LogP contribution in [0, 0.1) is 0 Å². The summed E-state index contributed by atoms with van der Waals surface area (Å²) in [6.45, 7) is 5.41. The summed E-state index contributed by atoms with van der Waals surface area (Å²) in [6.07, 6.45) is 0. The van der Waals surface area contributed by atoms with E-state index in [2.05, 4.69) is 4.90 Å². The number of para-hydroxylation sites is 3. The maximum Gasteiger partial charge on any atom is 0.114 e. The molecule has 0 amide bonds. The first kappa shape index (κ1) is 21.8. The predicted molar refractivity (Wildman–Crippen MR) is 131 cm³/mol. The minimum Gasteiger partial charge on any atom is -0.386 e. The van der Waals surface area contributed by atoms with Crippen molar-refractivity contribution in [1.29, 1.82) is 0 Å². The summed E-state index contributed by atoms with van der Waals surface area (Å²) in [7, 11) is 0. The van der Waals surface area contributed by atoms with Gasteiger partial charge in [0.15, 0.2) is 0 Å². The first-order valence-electron chi connectivity index (χ1n) is 10.8. The molecule has 0 aliphatic rings. The third kappa shape index (κ3) is 4.18. The molecule has 0 spiro atoms. The average Bonchev–Trinajstić information content (AvgIpc) is 2.80. The van der Waals surface area contributed by atoms with Crippen molar-refractivity contribution in [1.82, 2.24) is 0 Å². The van der Waals surface area contributed by atoms with Gasteiger partial charge in [-0.3, -0.25) is 0 Å². The molecule has 3 nitrogen and oxygen atoms in total. The molecule has 0 aliphatic heterocycles. The summed E-state index contributed by atoms with van der Waals surface area (Å²) in [4.78, 5) is 2.11. The molecule has 2 N–H and O–H groups in total. The lowest BCUT2D eigenvalue weighted by Crippen LogP contribution is -2.27. The summed E-state index contributed by atoms with van der Waals surface area (Å²) >= 11 is 0. The highest BCUT2D eigenvalue weighted by Gasteiger charge is 2.32. The molecule has 0 radical (unpaired) electrons. The number of hydrogen-bond donors (Lipinski definition) is 2. The van der Waals surface area contributed by atoms with Gasteiger partial charge in [-0.05, 0) is 50.6 Å². The van der Waals surface area contributed by atoms with Gasteiger partial charge in [0.25, 0.3) is 0 Å². The molecule has 4 aromatic rings. The van der Waals surface area contributed by atoms with Crippen LogP contribution in [0.5, 0.6) is 0 Å². The number of hydrogen-bond acceptors (Lipinski definition) is 3. The molecule has 162 valence electrons. The molecule has 32 heavy (non-hydrogen) atoms. The molecule has 4 rings (SSSR count). The molecular formula is C29H29NO2. The SMILES string of the molecule is CC(C)(O)c1ccccc1N(c1ccccc1)c1ccccc1C(C)(O)c1ccccc1. The number of nitrogens with zero attached hydrogens (tertiary/aromatic N) is 1. The minimum atomic E-state index is -1.21. The Bertz CT molecular complexity index is 1180. The van der Waals surface area contributed by atoms with Crippen molar-refractivity contribution in [2.45, 2.75) is 32.0 Å². The molecule has 3 heteroatoms. The van der Waals surface area contributed by atoms with Crippen molar-refractivity contribution in [2.24, 2.45) is 0 Å². The van der Waals surface area contributed by atoms with Gasteiger partial charge >= 0.3 is 0 Å². The van der Waals surface area contributed by atoms with Gasteiger partial charge in [-0.2, -0.15) is 0 Å². The monoisotopic (exact) mass is 423 g/mol. The lowest BCUT2D eigenvalue weighted by Gasteiger charge is -2.35. The van der Waals surface area contributed by atoms with Gasteiger partial charge in [-0.1, -0.05) is 84.9 Å². The van der Waals surface area contributed by atoms with Crippen molar-refractivity contribution in [3.05, 3.63) is 126 Å². The zero-order valence-electron chi connectivity index (χ0n) is 18.7. The maximum atomic E-state index is 11.7. The molecule has 0 aromatic heterocycles. The third-order valence-electron chi connectivity index (χ3n) is 5.82. The van der Waals surface area contributed by atoms with Crippen LogP contribution in [0.3, 0.4) is 0 Å². The Morgan fingerprint density at radius 2 is 0.969 bits per heavy atom. The smallest absolute Gasteiger partial charge is 0.114 e. The number of aliphatic hydroxyl groups is 2. The van der Waals surface area contributed by atoms with Crippen molar-refractivity contribution in [3.8, 4) is 0 Å². The van der Waals surface area contributed by atoms with Gasteiger partial charge in [0, 0.05) is 16.8 Å². The third-order valence-corrected chi connectivity index (χ3v) is 5.82. The van der Waals surface area contributed by atoms with E-state index in [-0.39, 0.29) is 0 Å². The van der Waals surface area contributed by atoms with Crippen LogP contribution in [0.1, 0.15) is 37.5 Å². The van der Waals surface area contributed by atoms with Crippen LogP contribution in [0.4, 0.5) is 17.1 Å². The number of rotatable bonds is 6. The fourth-order valence-corrected chi connectivity index (χ4v) is 4.17. The topological polar surface area (TPSA) is 43.7 Å². The summed E-state index contributed by atoms with van der Waals surface area (Å²) in [5.41, 5.74) is 2.80. The molecule has 4 aromatic carbocycles.